The molecule has 0 bridgehead atoms. The molecule has 1 saturated heterocycles. The van der Waals surface area contributed by atoms with E-state index in [1.165, 1.54) is 11.1 Å². The zero-order valence-corrected chi connectivity index (χ0v) is 15.8. The molecule has 1 aliphatic heterocycles. The van der Waals surface area contributed by atoms with Crippen LogP contribution in [0, 0.1) is 0 Å². The van der Waals surface area contributed by atoms with Gasteiger partial charge in [0.1, 0.15) is 0 Å². The number of urea groups is 1. The van der Waals surface area contributed by atoms with Crippen LogP contribution in [-0.2, 0) is 11.8 Å². The fraction of sp³-hybridized carbons (Fsp3) is 0.435. The molecule has 1 atom stereocenters. The van der Waals surface area contributed by atoms with E-state index in [0.717, 1.165) is 51.7 Å². The Morgan fingerprint density at radius 3 is 2.46 bits per heavy atom. The summed E-state index contributed by atoms with van der Waals surface area (Å²) in [7, 11) is 0. The van der Waals surface area contributed by atoms with Crippen LogP contribution in [0.15, 0.2) is 60.7 Å². The third-order valence-electron chi connectivity index (χ3n) is 5.47. The van der Waals surface area contributed by atoms with Crippen molar-refractivity contribution in [3.05, 3.63) is 71.8 Å². The zero-order chi connectivity index (χ0) is 18.2. The van der Waals surface area contributed by atoms with Crippen LogP contribution in [0.3, 0.4) is 0 Å². The van der Waals surface area contributed by atoms with E-state index in [4.69, 9.17) is 0 Å². The molecule has 3 nitrogen and oxygen atoms in total. The molecule has 0 aliphatic carbocycles. The second-order valence-corrected chi connectivity index (χ2v) is 7.63. The average molecular weight is 351 g/mol. The van der Waals surface area contributed by atoms with Gasteiger partial charge in [0.25, 0.3) is 0 Å². The van der Waals surface area contributed by atoms with E-state index >= 15 is 0 Å². The minimum Gasteiger partial charge on any atom is -0.338 e. The Balaban J connectivity index is 1.43. The Kier molecular flexibility index (Phi) is 6.32. The first-order chi connectivity index (χ1) is 12.7. The highest BCUT2D eigenvalue weighted by Gasteiger charge is 2.34. The van der Waals surface area contributed by atoms with Crippen molar-refractivity contribution in [2.24, 2.45) is 0 Å². The van der Waals surface area contributed by atoms with Crippen molar-refractivity contribution in [2.45, 2.75) is 44.4 Å². The van der Waals surface area contributed by atoms with E-state index in [0.29, 0.717) is 0 Å². The third kappa shape index (κ3) is 4.87. The molecule has 2 aromatic rings. The molecule has 2 aromatic carbocycles. The number of unbranched alkanes of at least 4 members (excludes halogenated alkanes) is 1. The summed E-state index contributed by atoms with van der Waals surface area (Å²) in [4.78, 5) is 14.6. The normalized spacial score (nSPS) is 20.0. The molecule has 1 heterocycles. The molecule has 1 unspecified atom stereocenters. The quantitative estimate of drug-likeness (QED) is 0.748. The van der Waals surface area contributed by atoms with E-state index in [9.17, 15) is 4.79 Å². The van der Waals surface area contributed by atoms with Gasteiger partial charge in [0.2, 0.25) is 0 Å². The van der Waals surface area contributed by atoms with Crippen LogP contribution in [0.2, 0.25) is 0 Å². The van der Waals surface area contributed by atoms with E-state index < -0.39 is 0 Å². The smallest absolute Gasteiger partial charge is 0.317 e. The van der Waals surface area contributed by atoms with Gasteiger partial charge in [-0.25, -0.2) is 4.79 Å². The van der Waals surface area contributed by atoms with Crippen molar-refractivity contribution < 1.29 is 4.79 Å². The van der Waals surface area contributed by atoms with Gasteiger partial charge in [-0.1, -0.05) is 67.6 Å². The molecule has 0 radical (unpaired) electrons. The molecule has 3 heteroatoms. The highest BCUT2D eigenvalue weighted by molar-refractivity contribution is 5.74. The summed E-state index contributed by atoms with van der Waals surface area (Å²) in [5.41, 5.74) is 2.76. The van der Waals surface area contributed by atoms with Crippen LogP contribution in [0.1, 0.15) is 43.7 Å². The lowest BCUT2D eigenvalue weighted by molar-refractivity contribution is 0.155. The minimum atomic E-state index is 0.0597. The van der Waals surface area contributed by atoms with Crippen LogP contribution in [0.4, 0.5) is 4.79 Å². The second-order valence-electron chi connectivity index (χ2n) is 7.63. The summed E-state index contributed by atoms with van der Waals surface area (Å²) in [6.45, 7) is 4.69. The molecule has 1 N–H and O–H groups in total. The number of nitrogens with zero attached hydrogens (tertiary/aromatic N) is 1. The number of rotatable bonds is 6. The summed E-state index contributed by atoms with van der Waals surface area (Å²) in [6.07, 6.45) is 5.40. The summed E-state index contributed by atoms with van der Waals surface area (Å²) < 4.78 is 0. The molecular weight excluding hydrogens is 320 g/mol. The fourth-order valence-electron chi connectivity index (χ4n) is 3.89. The van der Waals surface area contributed by atoms with Crippen molar-refractivity contribution in [2.75, 3.05) is 19.6 Å². The summed E-state index contributed by atoms with van der Waals surface area (Å²) in [5.74, 6) is 0. The van der Waals surface area contributed by atoms with Crippen molar-refractivity contribution in [1.82, 2.24) is 10.2 Å². The number of aryl methyl sites for hydroxylation is 1. The van der Waals surface area contributed by atoms with Gasteiger partial charge in [0, 0.05) is 25.0 Å². The molecule has 138 valence electrons. The second kappa shape index (κ2) is 8.88. The highest BCUT2D eigenvalue weighted by Crippen LogP contribution is 2.33. The lowest BCUT2D eigenvalue weighted by Crippen LogP contribution is -2.50. The summed E-state index contributed by atoms with van der Waals surface area (Å²) in [6, 6.07) is 21.2. The molecule has 3 rings (SSSR count). The van der Waals surface area contributed by atoms with Crippen LogP contribution >= 0.6 is 0 Å². The minimum absolute atomic E-state index is 0.0597. The average Bonchev–Trinajstić information content (AvgIpc) is 2.69. The Labute approximate surface area is 157 Å². The monoisotopic (exact) mass is 350 g/mol. The topological polar surface area (TPSA) is 32.3 Å². The van der Waals surface area contributed by atoms with Crippen LogP contribution in [-0.4, -0.2) is 30.6 Å². The van der Waals surface area contributed by atoms with E-state index in [1.807, 2.05) is 11.0 Å². The number of benzene rings is 2. The Hall–Kier alpha value is -2.29. The van der Waals surface area contributed by atoms with Crippen LogP contribution in [0.25, 0.3) is 0 Å². The standard InChI is InChI=1S/C23H30N2O/c1-23(21-14-6-3-7-15-21)16-10-18-25(19-23)22(26)24-17-9-8-13-20-11-4-2-5-12-20/h2-7,11-12,14-15H,8-10,13,16-19H2,1H3,(H,24,26). The molecular formula is C23H30N2O. The van der Waals surface area contributed by atoms with Gasteiger partial charge in [-0.15, -0.1) is 0 Å². The summed E-state index contributed by atoms with van der Waals surface area (Å²) >= 11 is 0. The number of carbonyl (C=O) groups excluding carboxylic acids is 1. The predicted molar refractivity (Wildman–Crippen MR) is 107 cm³/mol. The first kappa shape index (κ1) is 18.5. The van der Waals surface area contributed by atoms with Gasteiger partial charge in [-0.05, 0) is 43.2 Å². The zero-order valence-electron chi connectivity index (χ0n) is 15.8. The van der Waals surface area contributed by atoms with Gasteiger partial charge >= 0.3 is 6.03 Å². The Morgan fingerprint density at radius 2 is 1.73 bits per heavy atom. The number of amides is 2. The Bertz CT molecular complexity index is 686. The van der Waals surface area contributed by atoms with Crippen molar-refractivity contribution in [3.8, 4) is 0 Å². The first-order valence-electron chi connectivity index (χ1n) is 9.80. The maximum atomic E-state index is 12.6. The predicted octanol–water partition coefficient (Wildman–Crippen LogP) is 4.77. The van der Waals surface area contributed by atoms with Crippen molar-refractivity contribution >= 4 is 6.03 Å². The van der Waals surface area contributed by atoms with Gasteiger partial charge in [-0.3, -0.25) is 0 Å². The lowest BCUT2D eigenvalue weighted by atomic mass is 9.76. The van der Waals surface area contributed by atoms with Gasteiger partial charge in [0.15, 0.2) is 0 Å². The van der Waals surface area contributed by atoms with Crippen molar-refractivity contribution in [1.29, 1.82) is 0 Å². The van der Waals surface area contributed by atoms with Crippen LogP contribution < -0.4 is 5.32 Å². The van der Waals surface area contributed by atoms with E-state index in [-0.39, 0.29) is 11.4 Å². The molecule has 0 aromatic heterocycles. The third-order valence-corrected chi connectivity index (χ3v) is 5.47. The highest BCUT2D eigenvalue weighted by atomic mass is 16.2. The van der Waals surface area contributed by atoms with E-state index in [1.54, 1.807) is 0 Å². The molecule has 1 aliphatic rings. The number of hydrogen-bond donors (Lipinski definition) is 1. The summed E-state index contributed by atoms with van der Waals surface area (Å²) in [5, 5.41) is 3.11. The van der Waals surface area contributed by atoms with E-state index in [2.05, 4.69) is 66.8 Å². The molecule has 1 fully saturated rings. The maximum absolute atomic E-state index is 12.6. The molecule has 2 amide bonds. The number of carbonyl (C=O) groups is 1. The number of hydrogen-bond acceptors (Lipinski definition) is 1. The Morgan fingerprint density at radius 1 is 1.04 bits per heavy atom. The SMILES string of the molecule is CC1(c2ccccc2)CCCN(C(=O)NCCCCc2ccccc2)C1. The number of piperidine rings is 1. The largest absolute Gasteiger partial charge is 0.338 e. The molecule has 0 spiro atoms. The maximum Gasteiger partial charge on any atom is 0.317 e. The van der Waals surface area contributed by atoms with Gasteiger partial charge < -0.3 is 10.2 Å². The molecule has 0 saturated carbocycles. The lowest BCUT2D eigenvalue weighted by Gasteiger charge is -2.41. The number of nitrogens with one attached hydrogen (secondary N) is 1. The molecule has 26 heavy (non-hydrogen) atoms. The fourth-order valence-corrected chi connectivity index (χ4v) is 3.89. The van der Waals surface area contributed by atoms with Gasteiger partial charge in [0.05, 0.1) is 0 Å². The van der Waals surface area contributed by atoms with Crippen LogP contribution in [0.5, 0.6) is 0 Å². The van der Waals surface area contributed by atoms with Crippen molar-refractivity contribution in [3.63, 3.8) is 0 Å². The number of likely N-dealkylation sites (tertiary alicyclic amines) is 1. The first-order valence-corrected chi connectivity index (χ1v) is 9.80. The van der Waals surface area contributed by atoms with Gasteiger partial charge in [-0.2, -0.15) is 0 Å².